The number of fused-ring (bicyclic) bond motifs is 1. The molecular weight excluding hydrogens is 338 g/mol. The summed E-state index contributed by atoms with van der Waals surface area (Å²) >= 11 is 0. The molecule has 3 aromatic rings. The molecule has 0 bridgehead atoms. The van der Waals surface area contributed by atoms with E-state index >= 15 is 0 Å². The van der Waals surface area contributed by atoms with Crippen LogP contribution in [0.5, 0.6) is 0 Å². The number of nitrogens with one attached hydrogen (secondary N) is 1. The maximum atomic E-state index is 13.2. The van der Waals surface area contributed by atoms with Crippen LogP contribution in [-0.4, -0.2) is 27.2 Å². The van der Waals surface area contributed by atoms with E-state index in [0.717, 1.165) is 28.1 Å². The number of hydrogen-bond acceptors (Lipinski definition) is 4. The Morgan fingerprint density at radius 3 is 2.48 bits per heavy atom. The van der Waals surface area contributed by atoms with Crippen LogP contribution in [0.25, 0.3) is 11.0 Å². The van der Waals surface area contributed by atoms with Crippen molar-refractivity contribution in [3.63, 3.8) is 0 Å². The van der Waals surface area contributed by atoms with E-state index in [0.29, 0.717) is 12.1 Å². The Morgan fingerprint density at radius 2 is 1.89 bits per heavy atom. The van der Waals surface area contributed by atoms with Crippen LogP contribution in [0.2, 0.25) is 0 Å². The molecule has 0 fully saturated rings. The van der Waals surface area contributed by atoms with Gasteiger partial charge in [-0.05, 0) is 44.9 Å². The molecule has 0 atom stereocenters. The van der Waals surface area contributed by atoms with E-state index in [1.807, 2.05) is 63.2 Å². The molecule has 142 valence electrons. The summed E-state index contributed by atoms with van der Waals surface area (Å²) in [6.07, 6.45) is 0. The number of hydrogen-bond donors (Lipinski definition) is 1. The molecule has 0 spiro atoms. The van der Waals surface area contributed by atoms with Gasteiger partial charge in [0.05, 0.1) is 22.3 Å². The second-order valence-electron chi connectivity index (χ2n) is 7.18. The summed E-state index contributed by atoms with van der Waals surface area (Å²) in [5.74, 6) is 0.0679. The lowest BCUT2D eigenvalue weighted by molar-refractivity contribution is 0.0950. The molecule has 2 heterocycles. The minimum absolute atomic E-state index is 0.150. The quantitative estimate of drug-likeness (QED) is 0.697. The van der Waals surface area contributed by atoms with Gasteiger partial charge in [-0.15, -0.1) is 0 Å². The summed E-state index contributed by atoms with van der Waals surface area (Å²) in [7, 11) is 1.86. The molecular formula is C21H27N5O. The Labute approximate surface area is 160 Å². The monoisotopic (exact) mass is 365 g/mol. The SMILES string of the molecule is CCN(NC(=O)c1cc(C(C)C)nc2c1c(C)nn2C)c1ccc(C)cc1. The topological polar surface area (TPSA) is 63.1 Å². The van der Waals surface area contributed by atoms with Gasteiger partial charge in [-0.25, -0.2) is 4.98 Å². The van der Waals surface area contributed by atoms with Gasteiger partial charge in [-0.2, -0.15) is 5.10 Å². The highest BCUT2D eigenvalue weighted by Crippen LogP contribution is 2.25. The lowest BCUT2D eigenvalue weighted by Crippen LogP contribution is -2.42. The number of aryl methyl sites for hydroxylation is 3. The van der Waals surface area contributed by atoms with Gasteiger partial charge >= 0.3 is 0 Å². The van der Waals surface area contributed by atoms with Crippen LogP contribution in [0.1, 0.15) is 54.0 Å². The summed E-state index contributed by atoms with van der Waals surface area (Å²) in [6.45, 7) is 10.8. The number of hydrazine groups is 1. The summed E-state index contributed by atoms with van der Waals surface area (Å²) in [6, 6.07) is 9.99. The largest absolute Gasteiger partial charge is 0.286 e. The molecule has 3 rings (SSSR count). The van der Waals surface area contributed by atoms with Crippen molar-refractivity contribution in [1.29, 1.82) is 0 Å². The predicted octanol–water partition coefficient (Wildman–Crippen LogP) is 3.88. The molecule has 1 aromatic carbocycles. The second kappa shape index (κ2) is 7.39. The van der Waals surface area contributed by atoms with Crippen molar-refractivity contribution < 1.29 is 4.79 Å². The number of carbonyl (C=O) groups is 1. The Kier molecular flexibility index (Phi) is 5.17. The lowest BCUT2D eigenvalue weighted by atomic mass is 10.0. The number of carbonyl (C=O) groups excluding carboxylic acids is 1. The number of benzene rings is 1. The fourth-order valence-electron chi connectivity index (χ4n) is 3.17. The first-order chi connectivity index (χ1) is 12.8. The van der Waals surface area contributed by atoms with E-state index in [9.17, 15) is 4.79 Å². The third-order valence-electron chi connectivity index (χ3n) is 4.72. The van der Waals surface area contributed by atoms with E-state index in [-0.39, 0.29) is 11.8 Å². The highest BCUT2D eigenvalue weighted by Gasteiger charge is 2.21. The van der Waals surface area contributed by atoms with Gasteiger partial charge < -0.3 is 0 Å². The fourth-order valence-corrected chi connectivity index (χ4v) is 3.17. The van der Waals surface area contributed by atoms with Crippen LogP contribution >= 0.6 is 0 Å². The highest BCUT2D eigenvalue weighted by atomic mass is 16.2. The summed E-state index contributed by atoms with van der Waals surface area (Å²) in [5.41, 5.74) is 8.22. The average molecular weight is 365 g/mol. The fraction of sp³-hybridized carbons (Fsp3) is 0.381. The predicted molar refractivity (Wildman–Crippen MR) is 109 cm³/mol. The van der Waals surface area contributed by atoms with Gasteiger partial charge in [0.2, 0.25) is 0 Å². The Hall–Kier alpha value is -2.89. The number of aromatic nitrogens is 3. The van der Waals surface area contributed by atoms with Crippen molar-refractivity contribution >= 4 is 22.6 Å². The number of nitrogens with zero attached hydrogens (tertiary/aromatic N) is 4. The van der Waals surface area contributed by atoms with Crippen LogP contribution in [0.4, 0.5) is 5.69 Å². The first-order valence-corrected chi connectivity index (χ1v) is 9.31. The first kappa shape index (κ1) is 18.9. The maximum Gasteiger partial charge on any atom is 0.270 e. The van der Waals surface area contributed by atoms with E-state index in [4.69, 9.17) is 4.98 Å². The molecule has 0 saturated heterocycles. The number of rotatable bonds is 5. The van der Waals surface area contributed by atoms with Crippen LogP contribution < -0.4 is 10.4 Å². The number of amides is 1. The van der Waals surface area contributed by atoms with Crippen LogP contribution in [-0.2, 0) is 7.05 Å². The van der Waals surface area contributed by atoms with Crippen molar-refractivity contribution in [3.05, 3.63) is 52.8 Å². The summed E-state index contributed by atoms with van der Waals surface area (Å²) in [4.78, 5) is 17.9. The highest BCUT2D eigenvalue weighted by molar-refractivity contribution is 6.07. The normalized spacial score (nSPS) is 11.2. The molecule has 0 aliphatic carbocycles. The van der Waals surface area contributed by atoms with Crippen molar-refractivity contribution in [2.45, 2.75) is 40.5 Å². The van der Waals surface area contributed by atoms with Gasteiger partial charge in [0, 0.05) is 19.3 Å². The third kappa shape index (κ3) is 3.65. The van der Waals surface area contributed by atoms with Gasteiger partial charge in [-0.1, -0.05) is 31.5 Å². The van der Waals surface area contributed by atoms with Gasteiger partial charge in [0.25, 0.3) is 5.91 Å². The molecule has 27 heavy (non-hydrogen) atoms. The molecule has 0 saturated carbocycles. The molecule has 0 unspecified atom stereocenters. The van der Waals surface area contributed by atoms with E-state index in [1.54, 1.807) is 4.68 Å². The molecule has 1 amide bonds. The maximum absolute atomic E-state index is 13.2. The molecule has 2 aromatic heterocycles. The smallest absolute Gasteiger partial charge is 0.270 e. The third-order valence-corrected chi connectivity index (χ3v) is 4.72. The Bertz CT molecular complexity index is 972. The average Bonchev–Trinajstić information content (AvgIpc) is 2.93. The molecule has 6 heteroatoms. The second-order valence-corrected chi connectivity index (χ2v) is 7.18. The minimum Gasteiger partial charge on any atom is -0.286 e. The Balaban J connectivity index is 2.02. The first-order valence-electron chi connectivity index (χ1n) is 9.31. The Morgan fingerprint density at radius 1 is 1.22 bits per heavy atom. The van der Waals surface area contributed by atoms with Crippen LogP contribution in [0, 0.1) is 13.8 Å². The summed E-state index contributed by atoms with van der Waals surface area (Å²) < 4.78 is 1.74. The molecule has 0 aliphatic heterocycles. The molecule has 6 nitrogen and oxygen atoms in total. The van der Waals surface area contributed by atoms with Crippen molar-refractivity contribution in [2.75, 3.05) is 11.6 Å². The number of pyridine rings is 1. The van der Waals surface area contributed by atoms with Crippen LogP contribution in [0.3, 0.4) is 0 Å². The van der Waals surface area contributed by atoms with Crippen molar-refractivity contribution in [3.8, 4) is 0 Å². The zero-order chi connectivity index (χ0) is 19.7. The molecule has 1 N–H and O–H groups in total. The van der Waals surface area contributed by atoms with E-state index in [1.165, 1.54) is 5.56 Å². The standard InChI is InChI=1S/C21H27N5O/c1-7-26(16-10-8-14(4)9-11-16)24-21(27)17-12-18(13(2)3)22-20-19(17)15(5)23-25(20)6/h8-13H,7H2,1-6H3,(H,24,27). The summed E-state index contributed by atoms with van der Waals surface area (Å²) in [5, 5.41) is 7.12. The van der Waals surface area contributed by atoms with Crippen molar-refractivity contribution in [1.82, 2.24) is 20.2 Å². The zero-order valence-electron chi connectivity index (χ0n) is 16.9. The number of anilines is 1. The van der Waals surface area contributed by atoms with E-state index < -0.39 is 0 Å². The van der Waals surface area contributed by atoms with Gasteiger partial charge in [0.1, 0.15) is 0 Å². The van der Waals surface area contributed by atoms with Gasteiger partial charge in [-0.3, -0.25) is 19.9 Å². The minimum atomic E-state index is -0.150. The lowest BCUT2D eigenvalue weighted by Gasteiger charge is -2.24. The molecule has 0 radical (unpaired) electrons. The zero-order valence-corrected chi connectivity index (χ0v) is 16.9. The van der Waals surface area contributed by atoms with Crippen molar-refractivity contribution in [2.24, 2.45) is 7.05 Å². The van der Waals surface area contributed by atoms with E-state index in [2.05, 4.69) is 24.4 Å². The van der Waals surface area contributed by atoms with Gasteiger partial charge in [0.15, 0.2) is 5.65 Å². The van der Waals surface area contributed by atoms with Crippen LogP contribution in [0.15, 0.2) is 30.3 Å². The molecule has 0 aliphatic rings.